The summed E-state index contributed by atoms with van der Waals surface area (Å²) < 4.78 is 62.8. The van der Waals surface area contributed by atoms with E-state index < -0.39 is 19.9 Å². The summed E-state index contributed by atoms with van der Waals surface area (Å²) in [6.45, 7) is 1.77. The number of nitrogens with zero attached hydrogens (tertiary/aromatic N) is 2. The molecule has 0 spiro atoms. The van der Waals surface area contributed by atoms with Crippen molar-refractivity contribution in [1.29, 1.82) is 0 Å². The summed E-state index contributed by atoms with van der Waals surface area (Å²) in [5.41, 5.74) is 0. The summed E-state index contributed by atoms with van der Waals surface area (Å²) in [5, 5.41) is 0.478. The number of benzene rings is 2. The summed E-state index contributed by atoms with van der Waals surface area (Å²) in [4.78, 5) is 2.31. The molecule has 0 atom stereocenters. The van der Waals surface area contributed by atoms with Gasteiger partial charge in [-0.15, -0.1) is 0 Å². The lowest BCUT2D eigenvalue weighted by atomic mass is 10.3. The molecule has 0 aromatic heterocycles. The maximum atomic E-state index is 13.0. The number of sulfonamides is 1. The predicted octanol–water partition coefficient (Wildman–Crippen LogP) is 2.14. The fourth-order valence-corrected chi connectivity index (χ4v) is 6.18. The van der Waals surface area contributed by atoms with Crippen molar-refractivity contribution in [3.63, 3.8) is 0 Å². The molecule has 0 saturated carbocycles. The van der Waals surface area contributed by atoms with Gasteiger partial charge in [-0.1, -0.05) is 11.6 Å². The summed E-state index contributed by atoms with van der Waals surface area (Å²) in [6.07, 6.45) is 0. The monoisotopic (exact) mass is 488 g/mol. The maximum absolute atomic E-state index is 13.0. The molecule has 1 aliphatic rings. The van der Waals surface area contributed by atoms with Crippen LogP contribution in [-0.2, 0) is 19.9 Å². The van der Waals surface area contributed by atoms with Gasteiger partial charge in [0.15, 0.2) is 21.3 Å². The second-order valence-electron chi connectivity index (χ2n) is 7.04. The second kappa shape index (κ2) is 9.74. The van der Waals surface area contributed by atoms with E-state index >= 15 is 0 Å². The van der Waals surface area contributed by atoms with Gasteiger partial charge in [-0.2, -0.15) is 4.31 Å². The van der Waals surface area contributed by atoms with Gasteiger partial charge in [0.05, 0.1) is 29.8 Å². The normalized spacial score (nSPS) is 16.2. The molecular formula is C20H25ClN2O6S2. The highest BCUT2D eigenvalue weighted by Gasteiger charge is 2.29. The van der Waals surface area contributed by atoms with Crippen molar-refractivity contribution in [1.82, 2.24) is 9.21 Å². The average molecular weight is 489 g/mol. The number of hydrogen-bond acceptors (Lipinski definition) is 7. The van der Waals surface area contributed by atoms with Gasteiger partial charge in [-0.05, 0) is 36.4 Å². The topological polar surface area (TPSA) is 93.2 Å². The Balaban J connectivity index is 1.60. The fourth-order valence-electron chi connectivity index (χ4n) is 3.33. The number of halogens is 1. The minimum Gasteiger partial charge on any atom is -0.493 e. The number of methoxy groups -OCH3 is 2. The van der Waals surface area contributed by atoms with Crippen molar-refractivity contribution >= 4 is 31.5 Å². The quantitative estimate of drug-likeness (QED) is 0.562. The molecule has 0 amide bonds. The number of rotatable bonds is 8. The predicted molar refractivity (Wildman–Crippen MR) is 118 cm³/mol. The molecule has 0 aliphatic carbocycles. The SMILES string of the molecule is COc1ccc(S(=O)(=O)N2CCN(CCS(=O)(=O)c3ccc(Cl)cc3)CC2)cc1OC. The lowest BCUT2D eigenvalue weighted by Crippen LogP contribution is -2.49. The van der Waals surface area contributed by atoms with Crippen molar-refractivity contribution in [2.24, 2.45) is 0 Å². The third kappa shape index (κ3) is 5.50. The van der Waals surface area contributed by atoms with Crippen LogP contribution < -0.4 is 9.47 Å². The molecule has 1 fully saturated rings. The van der Waals surface area contributed by atoms with Crippen LogP contribution in [0.1, 0.15) is 0 Å². The summed E-state index contributed by atoms with van der Waals surface area (Å²) in [5.74, 6) is 0.750. The first-order chi connectivity index (χ1) is 14.7. The minimum absolute atomic E-state index is 0.0446. The molecule has 2 aromatic carbocycles. The van der Waals surface area contributed by atoms with E-state index in [9.17, 15) is 16.8 Å². The Bertz CT molecular complexity index is 1110. The minimum atomic E-state index is -3.69. The number of piperazine rings is 1. The molecule has 2 aromatic rings. The van der Waals surface area contributed by atoms with Crippen LogP contribution >= 0.6 is 11.6 Å². The Hall–Kier alpha value is -1.85. The van der Waals surface area contributed by atoms with Crippen LogP contribution in [0.4, 0.5) is 0 Å². The Morgan fingerprint density at radius 2 is 1.42 bits per heavy atom. The molecule has 11 heteroatoms. The van der Waals surface area contributed by atoms with Crippen LogP contribution in [0.25, 0.3) is 0 Å². The van der Waals surface area contributed by atoms with Crippen LogP contribution in [0.3, 0.4) is 0 Å². The van der Waals surface area contributed by atoms with E-state index in [0.717, 1.165) is 0 Å². The van der Waals surface area contributed by atoms with Crippen LogP contribution in [0.15, 0.2) is 52.3 Å². The first-order valence-corrected chi connectivity index (χ1v) is 13.1. The largest absolute Gasteiger partial charge is 0.493 e. The molecular weight excluding hydrogens is 464 g/mol. The maximum Gasteiger partial charge on any atom is 0.243 e. The second-order valence-corrected chi connectivity index (χ2v) is 11.5. The lowest BCUT2D eigenvalue weighted by molar-refractivity contribution is 0.197. The zero-order valence-electron chi connectivity index (χ0n) is 17.3. The van der Waals surface area contributed by atoms with Gasteiger partial charge >= 0.3 is 0 Å². The highest BCUT2D eigenvalue weighted by Crippen LogP contribution is 2.31. The Labute approximate surface area is 188 Å². The van der Waals surface area contributed by atoms with Gasteiger partial charge in [0.1, 0.15) is 0 Å². The smallest absolute Gasteiger partial charge is 0.243 e. The standard InChI is InChI=1S/C20H25ClN2O6S2/c1-28-19-8-7-18(15-20(19)29-2)31(26,27)23-11-9-22(10-12-23)13-14-30(24,25)17-5-3-16(21)4-6-17/h3-8,15H,9-14H2,1-2H3. The summed E-state index contributed by atoms with van der Waals surface area (Å²) in [6, 6.07) is 10.6. The third-order valence-corrected chi connectivity index (χ3v) is 9.03. The van der Waals surface area contributed by atoms with Crippen molar-refractivity contribution in [2.75, 3.05) is 52.7 Å². The molecule has 1 aliphatic heterocycles. The van der Waals surface area contributed by atoms with Gasteiger partial charge in [-0.25, -0.2) is 16.8 Å². The first-order valence-electron chi connectivity index (χ1n) is 9.60. The van der Waals surface area contributed by atoms with Crippen LogP contribution in [0.2, 0.25) is 5.02 Å². The number of sulfone groups is 1. The van der Waals surface area contributed by atoms with Crippen LogP contribution in [0, 0.1) is 0 Å². The molecule has 31 heavy (non-hydrogen) atoms. The first kappa shape index (κ1) is 23.8. The molecule has 0 unspecified atom stereocenters. The molecule has 0 N–H and O–H groups in total. The molecule has 0 radical (unpaired) electrons. The van der Waals surface area contributed by atoms with E-state index in [-0.39, 0.29) is 28.6 Å². The Morgan fingerprint density at radius 1 is 0.839 bits per heavy atom. The van der Waals surface area contributed by atoms with E-state index in [4.69, 9.17) is 21.1 Å². The van der Waals surface area contributed by atoms with E-state index in [0.29, 0.717) is 36.2 Å². The lowest BCUT2D eigenvalue weighted by Gasteiger charge is -2.33. The molecule has 3 rings (SSSR count). The fraction of sp³-hybridized carbons (Fsp3) is 0.400. The van der Waals surface area contributed by atoms with Gasteiger partial charge in [0.2, 0.25) is 10.0 Å². The highest BCUT2D eigenvalue weighted by molar-refractivity contribution is 7.91. The zero-order chi connectivity index (χ0) is 22.6. The Morgan fingerprint density at radius 3 is 2.00 bits per heavy atom. The van der Waals surface area contributed by atoms with E-state index in [1.807, 2.05) is 4.90 Å². The van der Waals surface area contributed by atoms with Crippen molar-refractivity contribution in [3.05, 3.63) is 47.5 Å². The van der Waals surface area contributed by atoms with Crippen molar-refractivity contribution < 1.29 is 26.3 Å². The van der Waals surface area contributed by atoms with Gasteiger partial charge in [0.25, 0.3) is 0 Å². The van der Waals surface area contributed by atoms with E-state index in [2.05, 4.69) is 0 Å². The molecule has 1 heterocycles. The van der Waals surface area contributed by atoms with E-state index in [1.165, 1.54) is 42.8 Å². The van der Waals surface area contributed by atoms with E-state index in [1.54, 1.807) is 18.2 Å². The Kier molecular flexibility index (Phi) is 7.48. The summed E-state index contributed by atoms with van der Waals surface area (Å²) in [7, 11) is -4.19. The molecule has 1 saturated heterocycles. The van der Waals surface area contributed by atoms with Gasteiger partial charge in [0, 0.05) is 43.8 Å². The van der Waals surface area contributed by atoms with Gasteiger partial charge < -0.3 is 9.47 Å². The number of ether oxygens (including phenoxy) is 2. The highest BCUT2D eigenvalue weighted by atomic mass is 35.5. The van der Waals surface area contributed by atoms with Crippen LogP contribution in [0.5, 0.6) is 11.5 Å². The van der Waals surface area contributed by atoms with Crippen molar-refractivity contribution in [3.8, 4) is 11.5 Å². The van der Waals surface area contributed by atoms with Crippen LogP contribution in [-0.4, -0.2) is 78.7 Å². The molecule has 170 valence electrons. The third-order valence-electron chi connectivity index (χ3n) is 5.17. The average Bonchev–Trinajstić information content (AvgIpc) is 2.77. The van der Waals surface area contributed by atoms with Crippen molar-refractivity contribution in [2.45, 2.75) is 9.79 Å². The summed E-state index contributed by atoms with van der Waals surface area (Å²) >= 11 is 5.82. The van der Waals surface area contributed by atoms with Gasteiger partial charge in [-0.3, -0.25) is 4.90 Å². The number of hydrogen-bond donors (Lipinski definition) is 0. The zero-order valence-corrected chi connectivity index (χ0v) is 19.7. The molecule has 0 bridgehead atoms. The molecule has 8 nitrogen and oxygen atoms in total.